The molecule has 1 N–H and O–H groups in total. The number of carbonyl (C=O) groups is 1. The van der Waals surface area contributed by atoms with Crippen molar-refractivity contribution < 1.29 is 9.53 Å². The molecule has 0 bridgehead atoms. The molecular weight excluding hydrogens is 208 g/mol. The minimum Gasteiger partial charge on any atom is -0.444 e. The Kier molecular flexibility index (Phi) is 3.87. The lowest BCUT2D eigenvalue weighted by molar-refractivity contribution is 0.0502. The van der Waals surface area contributed by atoms with E-state index in [4.69, 9.17) is 4.74 Å². The van der Waals surface area contributed by atoms with E-state index in [1.807, 2.05) is 27.7 Å². The predicted molar refractivity (Wildman–Crippen MR) is 58.9 cm³/mol. The molecule has 0 aliphatic carbocycles. The number of nitrogens with zero attached hydrogens (tertiary/aromatic N) is 3. The second kappa shape index (κ2) is 4.96. The largest absolute Gasteiger partial charge is 0.444 e. The molecule has 6 heteroatoms. The molecule has 1 atom stereocenters. The first-order valence-corrected chi connectivity index (χ1v) is 5.20. The van der Waals surface area contributed by atoms with E-state index in [0.717, 1.165) is 0 Å². The Morgan fingerprint density at radius 3 is 2.50 bits per heavy atom. The molecule has 0 radical (unpaired) electrons. The van der Waals surface area contributed by atoms with Crippen LogP contribution in [0.25, 0.3) is 0 Å². The summed E-state index contributed by atoms with van der Waals surface area (Å²) in [6.07, 6.45) is 2.77. The molecule has 0 aromatic carbocycles. The highest BCUT2D eigenvalue weighted by molar-refractivity contribution is 5.67. The number of rotatable bonds is 3. The summed E-state index contributed by atoms with van der Waals surface area (Å²) in [6.45, 7) is 7.87. The molecule has 0 spiro atoms. The molecule has 0 aliphatic heterocycles. The Morgan fingerprint density at radius 2 is 2.00 bits per heavy atom. The van der Waals surface area contributed by atoms with Gasteiger partial charge in [-0.1, -0.05) is 0 Å². The maximum absolute atomic E-state index is 11.4. The van der Waals surface area contributed by atoms with E-state index in [2.05, 4.69) is 15.5 Å². The van der Waals surface area contributed by atoms with Gasteiger partial charge in [0.1, 0.15) is 5.60 Å². The van der Waals surface area contributed by atoms with Crippen LogP contribution in [0, 0.1) is 0 Å². The Hall–Kier alpha value is -1.59. The van der Waals surface area contributed by atoms with E-state index < -0.39 is 11.7 Å². The maximum atomic E-state index is 11.4. The zero-order valence-electron chi connectivity index (χ0n) is 10.1. The number of hydrogen-bond acceptors (Lipinski definition) is 4. The molecular formula is C10H18N4O2. The summed E-state index contributed by atoms with van der Waals surface area (Å²) >= 11 is 0. The van der Waals surface area contributed by atoms with Gasteiger partial charge >= 0.3 is 6.09 Å². The minimum absolute atomic E-state index is 0.0813. The number of amides is 1. The SMILES string of the molecule is C[C@H](Cn1nccn1)NC(=O)OC(C)(C)C. The Morgan fingerprint density at radius 1 is 1.44 bits per heavy atom. The quantitative estimate of drug-likeness (QED) is 0.840. The van der Waals surface area contributed by atoms with Crippen LogP contribution in [0.3, 0.4) is 0 Å². The Balaban J connectivity index is 2.34. The first kappa shape index (κ1) is 12.5. The fourth-order valence-electron chi connectivity index (χ4n) is 1.14. The fourth-order valence-corrected chi connectivity index (χ4v) is 1.14. The van der Waals surface area contributed by atoms with Crippen LogP contribution in [0.2, 0.25) is 0 Å². The van der Waals surface area contributed by atoms with Crippen molar-refractivity contribution >= 4 is 6.09 Å². The van der Waals surface area contributed by atoms with E-state index in [-0.39, 0.29) is 6.04 Å². The number of hydrogen-bond donors (Lipinski definition) is 1. The zero-order chi connectivity index (χ0) is 12.2. The molecule has 16 heavy (non-hydrogen) atoms. The van der Waals surface area contributed by atoms with Gasteiger partial charge in [-0.05, 0) is 27.7 Å². The van der Waals surface area contributed by atoms with E-state index >= 15 is 0 Å². The van der Waals surface area contributed by atoms with Crippen LogP contribution in [-0.2, 0) is 11.3 Å². The molecule has 0 saturated carbocycles. The van der Waals surface area contributed by atoms with Gasteiger partial charge < -0.3 is 10.1 Å². The lowest BCUT2D eigenvalue weighted by Crippen LogP contribution is -2.39. The second-order valence-electron chi connectivity index (χ2n) is 4.63. The average molecular weight is 226 g/mol. The number of aromatic nitrogens is 3. The first-order valence-electron chi connectivity index (χ1n) is 5.20. The van der Waals surface area contributed by atoms with Gasteiger partial charge in [0.2, 0.25) is 0 Å². The van der Waals surface area contributed by atoms with Crippen LogP contribution in [-0.4, -0.2) is 32.7 Å². The molecule has 90 valence electrons. The van der Waals surface area contributed by atoms with Crippen LogP contribution < -0.4 is 5.32 Å². The van der Waals surface area contributed by atoms with E-state index in [0.29, 0.717) is 6.54 Å². The number of alkyl carbamates (subject to hydrolysis) is 1. The van der Waals surface area contributed by atoms with Gasteiger partial charge in [0.05, 0.1) is 25.0 Å². The smallest absolute Gasteiger partial charge is 0.407 e. The summed E-state index contributed by atoms with van der Waals surface area (Å²) in [5.41, 5.74) is -0.478. The van der Waals surface area contributed by atoms with Gasteiger partial charge in [-0.2, -0.15) is 15.0 Å². The lowest BCUT2D eigenvalue weighted by Gasteiger charge is -2.21. The van der Waals surface area contributed by atoms with Gasteiger partial charge in [-0.15, -0.1) is 0 Å². The molecule has 0 fully saturated rings. The topological polar surface area (TPSA) is 69.0 Å². The zero-order valence-corrected chi connectivity index (χ0v) is 10.1. The Labute approximate surface area is 95.0 Å². The Bertz CT molecular complexity index is 329. The van der Waals surface area contributed by atoms with E-state index in [1.165, 1.54) is 4.80 Å². The van der Waals surface area contributed by atoms with Crippen molar-refractivity contribution in [3.8, 4) is 0 Å². The predicted octanol–water partition coefficient (Wildman–Crippen LogP) is 1.19. The van der Waals surface area contributed by atoms with Crippen molar-refractivity contribution in [2.75, 3.05) is 0 Å². The van der Waals surface area contributed by atoms with Crippen LogP contribution in [0.1, 0.15) is 27.7 Å². The summed E-state index contributed by atoms with van der Waals surface area (Å²) in [6, 6.07) is -0.0813. The third-order valence-electron chi connectivity index (χ3n) is 1.67. The third-order valence-corrected chi connectivity index (χ3v) is 1.67. The lowest BCUT2D eigenvalue weighted by atomic mass is 10.2. The standard InChI is InChI=1S/C10H18N4O2/c1-8(7-14-11-5-6-12-14)13-9(15)16-10(2,3)4/h5-6,8H,7H2,1-4H3,(H,13,15)/t8-/m1/s1. The second-order valence-corrected chi connectivity index (χ2v) is 4.63. The first-order chi connectivity index (χ1) is 7.37. The molecule has 1 rings (SSSR count). The summed E-state index contributed by atoms with van der Waals surface area (Å²) in [5, 5.41) is 10.6. The van der Waals surface area contributed by atoms with E-state index in [1.54, 1.807) is 12.4 Å². The van der Waals surface area contributed by atoms with Crippen molar-refractivity contribution in [3.63, 3.8) is 0 Å². The van der Waals surface area contributed by atoms with Gasteiger partial charge in [0.15, 0.2) is 0 Å². The molecule has 0 aliphatic rings. The van der Waals surface area contributed by atoms with E-state index in [9.17, 15) is 4.79 Å². The van der Waals surface area contributed by atoms with Crippen LogP contribution in [0.15, 0.2) is 12.4 Å². The number of carbonyl (C=O) groups excluding carboxylic acids is 1. The van der Waals surface area contributed by atoms with Crippen molar-refractivity contribution in [2.24, 2.45) is 0 Å². The molecule has 1 heterocycles. The minimum atomic E-state index is -0.478. The molecule has 0 saturated heterocycles. The van der Waals surface area contributed by atoms with Gasteiger partial charge in [-0.3, -0.25) is 0 Å². The molecule has 0 unspecified atom stereocenters. The van der Waals surface area contributed by atoms with Gasteiger partial charge in [-0.25, -0.2) is 4.79 Å². The highest BCUT2D eigenvalue weighted by Gasteiger charge is 2.17. The fraction of sp³-hybridized carbons (Fsp3) is 0.700. The van der Waals surface area contributed by atoms with Crippen molar-refractivity contribution in [3.05, 3.63) is 12.4 Å². The monoisotopic (exact) mass is 226 g/mol. The summed E-state index contributed by atoms with van der Waals surface area (Å²) < 4.78 is 5.13. The van der Waals surface area contributed by atoms with Crippen LogP contribution in [0.4, 0.5) is 4.79 Å². The van der Waals surface area contributed by atoms with Crippen molar-refractivity contribution in [1.29, 1.82) is 0 Å². The number of ether oxygens (including phenoxy) is 1. The summed E-state index contributed by atoms with van der Waals surface area (Å²) in [7, 11) is 0. The molecule has 1 aromatic rings. The molecule has 6 nitrogen and oxygen atoms in total. The number of nitrogens with one attached hydrogen (secondary N) is 1. The average Bonchev–Trinajstić information content (AvgIpc) is 2.51. The summed E-state index contributed by atoms with van der Waals surface area (Å²) in [4.78, 5) is 12.9. The van der Waals surface area contributed by atoms with Gasteiger partial charge in [0.25, 0.3) is 0 Å². The highest BCUT2D eigenvalue weighted by Crippen LogP contribution is 2.06. The molecule has 1 amide bonds. The van der Waals surface area contributed by atoms with Crippen molar-refractivity contribution in [2.45, 2.75) is 45.9 Å². The maximum Gasteiger partial charge on any atom is 0.407 e. The third kappa shape index (κ3) is 4.77. The van der Waals surface area contributed by atoms with Gasteiger partial charge in [0, 0.05) is 0 Å². The van der Waals surface area contributed by atoms with Crippen molar-refractivity contribution in [1.82, 2.24) is 20.3 Å². The normalized spacial score (nSPS) is 13.2. The molecule has 1 aromatic heterocycles. The van der Waals surface area contributed by atoms with Crippen LogP contribution in [0.5, 0.6) is 0 Å². The summed E-state index contributed by atoms with van der Waals surface area (Å²) in [5.74, 6) is 0. The highest BCUT2D eigenvalue weighted by atomic mass is 16.6. The van der Waals surface area contributed by atoms with Crippen LogP contribution >= 0.6 is 0 Å².